The van der Waals surface area contributed by atoms with Crippen molar-refractivity contribution in [3.63, 3.8) is 0 Å². The number of halogens is 3. The molecule has 0 atom stereocenters. The Balaban J connectivity index is 3.14. The molecule has 0 unspecified atom stereocenters. The second-order valence-corrected chi connectivity index (χ2v) is 2.82. The van der Waals surface area contributed by atoms with Gasteiger partial charge in [-0.1, -0.05) is 0 Å². The van der Waals surface area contributed by atoms with Crippen LogP contribution in [0.1, 0.15) is 20.7 Å². The number of hydrogen-bond acceptors (Lipinski definition) is 3. The van der Waals surface area contributed by atoms with Crippen molar-refractivity contribution in [1.29, 1.82) is 0 Å². The van der Waals surface area contributed by atoms with E-state index in [9.17, 15) is 22.8 Å². The highest BCUT2D eigenvalue weighted by molar-refractivity contribution is 5.95. The first-order chi connectivity index (χ1) is 7.31. The molecule has 7 heteroatoms. The maximum Gasteiger partial charge on any atom is 0.573 e. The topological polar surface area (TPSA) is 69.4 Å². The quantitative estimate of drug-likeness (QED) is 0.804. The molecular formula is C9H6F3NO3. The molecule has 0 aromatic heterocycles. The fourth-order valence-electron chi connectivity index (χ4n) is 1.02. The van der Waals surface area contributed by atoms with E-state index in [1.165, 1.54) is 0 Å². The van der Waals surface area contributed by atoms with E-state index in [1.807, 2.05) is 0 Å². The normalized spacial score (nSPS) is 10.9. The van der Waals surface area contributed by atoms with E-state index in [0.29, 0.717) is 0 Å². The summed E-state index contributed by atoms with van der Waals surface area (Å²) in [5.41, 5.74) is 4.52. The van der Waals surface area contributed by atoms with Gasteiger partial charge in [0, 0.05) is 11.1 Å². The van der Waals surface area contributed by atoms with Gasteiger partial charge in [-0.25, -0.2) is 0 Å². The lowest BCUT2D eigenvalue weighted by molar-refractivity contribution is -0.274. The molecule has 1 aromatic rings. The molecule has 0 bridgehead atoms. The Morgan fingerprint density at radius 1 is 1.31 bits per heavy atom. The summed E-state index contributed by atoms with van der Waals surface area (Å²) in [5, 5.41) is 0. The largest absolute Gasteiger partial charge is 0.573 e. The third-order valence-electron chi connectivity index (χ3n) is 1.58. The van der Waals surface area contributed by atoms with Crippen LogP contribution < -0.4 is 10.5 Å². The Morgan fingerprint density at radius 3 is 2.38 bits per heavy atom. The number of amides is 1. The van der Waals surface area contributed by atoms with Gasteiger partial charge in [-0.3, -0.25) is 9.59 Å². The van der Waals surface area contributed by atoms with Crippen LogP contribution in [-0.2, 0) is 0 Å². The predicted octanol–water partition coefficient (Wildman–Crippen LogP) is 1.50. The molecule has 0 saturated heterocycles. The molecule has 16 heavy (non-hydrogen) atoms. The minimum absolute atomic E-state index is 0.129. The van der Waals surface area contributed by atoms with Crippen molar-refractivity contribution >= 4 is 12.2 Å². The SMILES string of the molecule is NC(=O)c1cc(C=O)cc(OC(F)(F)F)c1. The molecule has 1 amide bonds. The number of benzene rings is 1. The van der Waals surface area contributed by atoms with Gasteiger partial charge in [0.2, 0.25) is 5.91 Å². The van der Waals surface area contributed by atoms with Gasteiger partial charge < -0.3 is 10.5 Å². The molecule has 1 rings (SSSR count). The van der Waals surface area contributed by atoms with E-state index in [2.05, 4.69) is 4.74 Å². The van der Waals surface area contributed by atoms with E-state index < -0.39 is 18.0 Å². The van der Waals surface area contributed by atoms with Gasteiger partial charge in [0.25, 0.3) is 0 Å². The first-order valence-corrected chi connectivity index (χ1v) is 3.97. The number of ether oxygens (including phenoxy) is 1. The molecular weight excluding hydrogens is 227 g/mol. The molecule has 0 saturated carbocycles. The monoisotopic (exact) mass is 233 g/mol. The van der Waals surface area contributed by atoms with Crippen LogP contribution in [0.5, 0.6) is 5.75 Å². The summed E-state index contributed by atoms with van der Waals surface area (Å²) in [6.07, 6.45) is -4.61. The summed E-state index contributed by atoms with van der Waals surface area (Å²) >= 11 is 0. The van der Waals surface area contributed by atoms with Crippen LogP contribution in [0.25, 0.3) is 0 Å². The molecule has 0 aliphatic heterocycles. The first-order valence-electron chi connectivity index (χ1n) is 3.97. The smallest absolute Gasteiger partial charge is 0.406 e. The average Bonchev–Trinajstić information content (AvgIpc) is 2.14. The zero-order valence-electron chi connectivity index (χ0n) is 7.75. The Morgan fingerprint density at radius 2 is 1.94 bits per heavy atom. The van der Waals surface area contributed by atoms with Crippen molar-refractivity contribution in [3.05, 3.63) is 29.3 Å². The lowest BCUT2D eigenvalue weighted by Gasteiger charge is -2.09. The van der Waals surface area contributed by atoms with Crippen LogP contribution in [0, 0.1) is 0 Å². The Hall–Kier alpha value is -2.05. The van der Waals surface area contributed by atoms with Crippen molar-refractivity contribution in [2.45, 2.75) is 6.36 Å². The van der Waals surface area contributed by atoms with Crippen LogP contribution >= 0.6 is 0 Å². The Bertz CT molecular complexity index is 428. The average molecular weight is 233 g/mol. The van der Waals surface area contributed by atoms with Gasteiger partial charge in [0.15, 0.2) is 0 Å². The fraction of sp³-hybridized carbons (Fsp3) is 0.111. The van der Waals surface area contributed by atoms with Gasteiger partial charge in [0.05, 0.1) is 0 Å². The van der Waals surface area contributed by atoms with Crippen molar-refractivity contribution in [2.24, 2.45) is 5.73 Å². The first kappa shape index (κ1) is 12.0. The molecule has 0 radical (unpaired) electrons. The number of primary amides is 1. The highest BCUT2D eigenvalue weighted by Crippen LogP contribution is 2.24. The summed E-state index contributed by atoms with van der Waals surface area (Å²) in [7, 11) is 0. The van der Waals surface area contributed by atoms with Crippen LogP contribution in [-0.4, -0.2) is 18.6 Å². The second kappa shape index (κ2) is 4.21. The predicted molar refractivity (Wildman–Crippen MR) is 47.0 cm³/mol. The highest BCUT2D eigenvalue weighted by atomic mass is 19.4. The molecule has 0 spiro atoms. The number of carbonyl (C=O) groups excluding carboxylic acids is 2. The Kier molecular flexibility index (Phi) is 3.17. The molecule has 0 heterocycles. The Labute approximate surface area is 87.8 Å². The molecule has 0 aliphatic carbocycles. The zero-order valence-corrected chi connectivity index (χ0v) is 7.75. The van der Waals surface area contributed by atoms with Gasteiger partial charge in [-0.15, -0.1) is 13.2 Å². The summed E-state index contributed by atoms with van der Waals surface area (Å²) < 4.78 is 39.2. The highest BCUT2D eigenvalue weighted by Gasteiger charge is 2.31. The van der Waals surface area contributed by atoms with Crippen LogP contribution in [0.15, 0.2) is 18.2 Å². The second-order valence-electron chi connectivity index (χ2n) is 2.82. The maximum atomic E-state index is 11.9. The number of aldehydes is 1. The van der Waals surface area contributed by atoms with Crippen LogP contribution in [0.4, 0.5) is 13.2 Å². The lowest BCUT2D eigenvalue weighted by atomic mass is 10.1. The molecule has 1 aromatic carbocycles. The van der Waals surface area contributed by atoms with E-state index in [1.54, 1.807) is 0 Å². The van der Waals surface area contributed by atoms with Gasteiger partial charge in [-0.05, 0) is 18.2 Å². The summed E-state index contributed by atoms with van der Waals surface area (Å²) in [6.45, 7) is 0. The van der Waals surface area contributed by atoms with Crippen molar-refractivity contribution < 1.29 is 27.5 Å². The van der Waals surface area contributed by atoms with Crippen LogP contribution in [0.3, 0.4) is 0 Å². The van der Waals surface area contributed by atoms with E-state index in [4.69, 9.17) is 5.73 Å². The lowest BCUT2D eigenvalue weighted by Crippen LogP contribution is -2.18. The zero-order chi connectivity index (χ0) is 12.3. The number of alkyl halides is 3. The molecule has 0 aliphatic rings. The summed E-state index contributed by atoms with van der Waals surface area (Å²) in [6, 6.07) is 2.73. The molecule has 2 N–H and O–H groups in total. The number of carbonyl (C=O) groups is 2. The van der Waals surface area contributed by atoms with Gasteiger partial charge in [0.1, 0.15) is 12.0 Å². The minimum atomic E-state index is -4.89. The number of rotatable bonds is 3. The maximum absolute atomic E-state index is 11.9. The van der Waals surface area contributed by atoms with E-state index >= 15 is 0 Å². The minimum Gasteiger partial charge on any atom is -0.406 e. The molecule has 4 nitrogen and oxygen atoms in total. The van der Waals surface area contributed by atoms with Crippen molar-refractivity contribution in [2.75, 3.05) is 0 Å². The van der Waals surface area contributed by atoms with Crippen LogP contribution in [0.2, 0.25) is 0 Å². The number of nitrogens with two attached hydrogens (primary N) is 1. The summed E-state index contributed by atoms with van der Waals surface area (Å²) in [5.74, 6) is -1.61. The third kappa shape index (κ3) is 3.26. The molecule has 86 valence electrons. The summed E-state index contributed by atoms with van der Waals surface area (Å²) in [4.78, 5) is 21.2. The molecule has 0 fully saturated rings. The van der Waals surface area contributed by atoms with E-state index in [-0.39, 0.29) is 17.4 Å². The number of hydrogen-bond donors (Lipinski definition) is 1. The van der Waals surface area contributed by atoms with Crippen molar-refractivity contribution in [3.8, 4) is 5.75 Å². The van der Waals surface area contributed by atoms with Crippen molar-refractivity contribution in [1.82, 2.24) is 0 Å². The van der Waals surface area contributed by atoms with Gasteiger partial charge in [-0.2, -0.15) is 0 Å². The van der Waals surface area contributed by atoms with E-state index in [0.717, 1.165) is 18.2 Å². The standard InChI is InChI=1S/C9H6F3NO3/c10-9(11,12)16-7-2-5(4-14)1-6(3-7)8(13)15/h1-4H,(H2,13,15). The fourth-order valence-corrected chi connectivity index (χ4v) is 1.02. The third-order valence-corrected chi connectivity index (χ3v) is 1.58. The van der Waals surface area contributed by atoms with Gasteiger partial charge >= 0.3 is 6.36 Å².